The van der Waals surface area contributed by atoms with Crippen LogP contribution in [0, 0.1) is 10.1 Å². The Labute approximate surface area is 148 Å². The number of hydrogen-bond donors (Lipinski definition) is 1. The first-order valence-electron chi connectivity index (χ1n) is 7.79. The molecule has 26 heavy (non-hydrogen) atoms. The molecular formula is C16H20N4O6. The molecule has 0 fully saturated rings. The number of H-pyrrole nitrogens is 1. The number of aromatic amines is 1. The van der Waals surface area contributed by atoms with E-state index in [1.807, 2.05) is 0 Å². The van der Waals surface area contributed by atoms with E-state index < -0.39 is 27.9 Å². The maximum atomic E-state index is 12.6. The predicted octanol–water partition coefficient (Wildman–Crippen LogP) is 2.22. The number of nitro benzene ring substituents is 1. The molecule has 0 aliphatic rings. The molecule has 1 aromatic carbocycles. The fraction of sp³-hybridized carbons (Fsp3) is 0.438. The first-order valence-corrected chi connectivity index (χ1v) is 7.79. The van der Waals surface area contributed by atoms with Gasteiger partial charge in [-0.2, -0.15) is 0 Å². The van der Waals surface area contributed by atoms with Crippen LogP contribution in [0.25, 0.3) is 10.9 Å². The second-order valence-electron chi connectivity index (χ2n) is 6.47. The number of nitro groups is 1. The van der Waals surface area contributed by atoms with E-state index in [0.717, 1.165) is 11.0 Å². The monoisotopic (exact) mass is 364 g/mol. The number of amides is 1. The summed E-state index contributed by atoms with van der Waals surface area (Å²) in [4.78, 5) is 42.8. The zero-order valence-corrected chi connectivity index (χ0v) is 14.9. The third-order valence-corrected chi connectivity index (χ3v) is 3.36. The van der Waals surface area contributed by atoms with Crippen LogP contribution in [0.1, 0.15) is 20.8 Å². The van der Waals surface area contributed by atoms with Crippen molar-refractivity contribution in [2.45, 2.75) is 26.4 Å². The topological polar surface area (TPSA) is 128 Å². The van der Waals surface area contributed by atoms with Crippen molar-refractivity contribution in [3.63, 3.8) is 0 Å². The Kier molecular flexibility index (Phi) is 5.56. The van der Waals surface area contributed by atoms with E-state index in [-0.39, 0.29) is 29.7 Å². The summed E-state index contributed by atoms with van der Waals surface area (Å²) in [6, 6.07) is 2.42. The summed E-state index contributed by atoms with van der Waals surface area (Å²) in [6.45, 7) is 5.23. The number of nitrogens with one attached hydrogen (secondary N) is 1. The summed E-state index contributed by atoms with van der Waals surface area (Å²) in [5.74, 6) is 0. The van der Waals surface area contributed by atoms with Crippen LogP contribution in [0.15, 0.2) is 23.3 Å². The highest BCUT2D eigenvalue weighted by Crippen LogP contribution is 2.32. The van der Waals surface area contributed by atoms with Crippen LogP contribution in [0.4, 0.5) is 16.2 Å². The minimum Gasteiger partial charge on any atom is -0.443 e. The summed E-state index contributed by atoms with van der Waals surface area (Å²) in [5, 5.41) is 11.6. The van der Waals surface area contributed by atoms with E-state index in [1.165, 1.54) is 19.5 Å². The molecule has 1 aromatic heterocycles. The van der Waals surface area contributed by atoms with Crippen molar-refractivity contribution in [2.75, 3.05) is 25.2 Å². The van der Waals surface area contributed by atoms with Crippen LogP contribution in [-0.2, 0) is 9.47 Å². The van der Waals surface area contributed by atoms with E-state index >= 15 is 0 Å². The molecule has 0 bridgehead atoms. The molecule has 140 valence electrons. The van der Waals surface area contributed by atoms with E-state index in [0.29, 0.717) is 0 Å². The molecule has 0 atom stereocenters. The lowest BCUT2D eigenvalue weighted by atomic mass is 10.1. The van der Waals surface area contributed by atoms with Crippen molar-refractivity contribution >= 4 is 28.4 Å². The molecule has 0 spiro atoms. The molecule has 2 aromatic rings. The van der Waals surface area contributed by atoms with Gasteiger partial charge in [0.05, 0.1) is 35.3 Å². The summed E-state index contributed by atoms with van der Waals surface area (Å²) < 4.78 is 10.3. The number of ether oxygens (including phenoxy) is 2. The quantitative estimate of drug-likeness (QED) is 0.636. The van der Waals surface area contributed by atoms with Gasteiger partial charge in [0.25, 0.3) is 11.2 Å². The standard InChI is InChI=1S/C16H20N4O6/c1-16(2,3)26-15(22)19(5-6-25-4)12-8-11-10(7-13(12)20(23)24)14(21)18-9-17-11/h7-9H,5-6H2,1-4H3,(H,17,18,21). The lowest BCUT2D eigenvalue weighted by Crippen LogP contribution is -2.39. The molecule has 10 nitrogen and oxygen atoms in total. The molecule has 0 aliphatic carbocycles. The average molecular weight is 364 g/mol. The normalized spacial score (nSPS) is 11.4. The fourth-order valence-corrected chi connectivity index (χ4v) is 2.26. The van der Waals surface area contributed by atoms with Crippen molar-refractivity contribution in [3.8, 4) is 0 Å². The van der Waals surface area contributed by atoms with Gasteiger partial charge in [0, 0.05) is 13.2 Å². The fourth-order valence-electron chi connectivity index (χ4n) is 2.26. The molecule has 1 heterocycles. The first kappa shape index (κ1) is 19.3. The molecule has 0 aliphatic heterocycles. The second kappa shape index (κ2) is 7.48. The Balaban J connectivity index is 2.63. The highest BCUT2D eigenvalue weighted by atomic mass is 16.6. The zero-order chi connectivity index (χ0) is 19.5. The number of carbonyl (C=O) groups excluding carboxylic acids is 1. The number of methoxy groups -OCH3 is 1. The molecule has 1 N–H and O–H groups in total. The Morgan fingerprint density at radius 3 is 2.65 bits per heavy atom. The van der Waals surface area contributed by atoms with Gasteiger partial charge in [-0.1, -0.05) is 0 Å². The van der Waals surface area contributed by atoms with Crippen molar-refractivity contribution in [1.82, 2.24) is 9.97 Å². The molecule has 2 rings (SSSR count). The first-order chi connectivity index (χ1) is 12.1. The van der Waals surface area contributed by atoms with E-state index in [2.05, 4.69) is 9.97 Å². The largest absolute Gasteiger partial charge is 0.443 e. The number of carbonyl (C=O) groups is 1. The Hall–Kier alpha value is -3.01. The molecule has 1 amide bonds. The highest BCUT2D eigenvalue weighted by Gasteiger charge is 2.29. The predicted molar refractivity (Wildman–Crippen MR) is 94.5 cm³/mol. The lowest BCUT2D eigenvalue weighted by Gasteiger charge is -2.27. The number of nitrogens with zero attached hydrogens (tertiary/aromatic N) is 3. The zero-order valence-electron chi connectivity index (χ0n) is 14.9. The summed E-state index contributed by atoms with van der Waals surface area (Å²) in [5.41, 5.74) is -1.50. The molecule has 0 saturated heterocycles. The second-order valence-corrected chi connectivity index (χ2v) is 6.47. The van der Waals surface area contributed by atoms with E-state index in [4.69, 9.17) is 9.47 Å². The van der Waals surface area contributed by atoms with Crippen molar-refractivity contribution in [2.24, 2.45) is 0 Å². The minimum atomic E-state index is -0.788. The summed E-state index contributed by atoms with van der Waals surface area (Å²) >= 11 is 0. The summed E-state index contributed by atoms with van der Waals surface area (Å²) in [6.07, 6.45) is 0.426. The number of rotatable bonds is 5. The van der Waals surface area contributed by atoms with Crippen molar-refractivity contribution in [3.05, 3.63) is 38.9 Å². The van der Waals surface area contributed by atoms with Gasteiger partial charge in [-0.3, -0.25) is 19.8 Å². The number of anilines is 1. The van der Waals surface area contributed by atoms with Crippen LogP contribution >= 0.6 is 0 Å². The summed E-state index contributed by atoms with van der Waals surface area (Å²) in [7, 11) is 1.45. The van der Waals surface area contributed by atoms with Gasteiger partial charge in [-0.15, -0.1) is 0 Å². The number of aromatic nitrogens is 2. The maximum Gasteiger partial charge on any atom is 0.415 e. The van der Waals surface area contributed by atoms with Crippen molar-refractivity contribution in [1.29, 1.82) is 0 Å². The van der Waals surface area contributed by atoms with Crippen LogP contribution in [0.5, 0.6) is 0 Å². The lowest BCUT2D eigenvalue weighted by molar-refractivity contribution is -0.384. The van der Waals surface area contributed by atoms with Crippen LogP contribution in [0.2, 0.25) is 0 Å². The average Bonchev–Trinajstić information content (AvgIpc) is 2.53. The number of fused-ring (bicyclic) bond motifs is 1. The highest BCUT2D eigenvalue weighted by molar-refractivity contribution is 5.96. The van der Waals surface area contributed by atoms with E-state index in [1.54, 1.807) is 20.8 Å². The van der Waals surface area contributed by atoms with Gasteiger partial charge in [0.15, 0.2) is 0 Å². The van der Waals surface area contributed by atoms with Gasteiger partial charge in [0.1, 0.15) is 11.3 Å². The Morgan fingerprint density at radius 2 is 2.08 bits per heavy atom. The third kappa shape index (κ3) is 4.33. The van der Waals surface area contributed by atoms with Crippen LogP contribution in [-0.4, -0.2) is 46.8 Å². The number of benzene rings is 1. The SMILES string of the molecule is COCCN(C(=O)OC(C)(C)C)c1cc2nc[nH]c(=O)c2cc1[N+](=O)[O-]. The molecular weight excluding hydrogens is 344 g/mol. The number of hydrogen-bond acceptors (Lipinski definition) is 7. The molecule has 0 radical (unpaired) electrons. The van der Waals surface area contributed by atoms with Crippen molar-refractivity contribution < 1.29 is 19.2 Å². The Morgan fingerprint density at radius 1 is 1.38 bits per heavy atom. The smallest absolute Gasteiger partial charge is 0.415 e. The third-order valence-electron chi connectivity index (χ3n) is 3.36. The Bertz CT molecular complexity index is 886. The van der Waals surface area contributed by atoms with E-state index in [9.17, 15) is 19.7 Å². The van der Waals surface area contributed by atoms with Crippen LogP contribution < -0.4 is 10.5 Å². The van der Waals surface area contributed by atoms with Gasteiger partial charge < -0.3 is 14.5 Å². The van der Waals surface area contributed by atoms with Gasteiger partial charge in [-0.05, 0) is 26.8 Å². The molecule has 10 heteroatoms. The molecule has 0 saturated carbocycles. The van der Waals surface area contributed by atoms with Crippen LogP contribution in [0.3, 0.4) is 0 Å². The minimum absolute atomic E-state index is 0.0214. The van der Waals surface area contributed by atoms with Gasteiger partial charge in [0.2, 0.25) is 0 Å². The molecule has 0 unspecified atom stereocenters. The maximum absolute atomic E-state index is 12.6. The van der Waals surface area contributed by atoms with Gasteiger partial charge in [-0.25, -0.2) is 9.78 Å². The van der Waals surface area contributed by atoms with Gasteiger partial charge >= 0.3 is 6.09 Å².